The zero-order valence-electron chi connectivity index (χ0n) is 9.87. The van der Waals surface area contributed by atoms with E-state index in [0.29, 0.717) is 6.04 Å². The quantitative estimate of drug-likeness (QED) is 0.800. The maximum atomic E-state index is 11.6. The second-order valence-electron chi connectivity index (χ2n) is 3.95. The predicted molar refractivity (Wildman–Crippen MR) is 61.1 cm³/mol. The molecule has 0 saturated carbocycles. The third kappa shape index (κ3) is 3.16. The average Bonchev–Trinajstić information content (AvgIpc) is 2.15. The van der Waals surface area contributed by atoms with Gasteiger partial charge in [0.05, 0.1) is 0 Å². The molecule has 1 N–H and O–H groups in total. The molecule has 1 aromatic heterocycles. The number of nitrogens with zero attached hydrogens (tertiary/aromatic N) is 2. The van der Waals surface area contributed by atoms with E-state index in [-0.39, 0.29) is 5.69 Å². The smallest absolute Gasteiger partial charge is 0.317 e. The highest BCUT2D eigenvalue weighted by molar-refractivity contribution is 5.06. The molecule has 1 rings (SSSR count). The van der Waals surface area contributed by atoms with Gasteiger partial charge in [-0.15, -0.1) is 0 Å². The maximum Gasteiger partial charge on any atom is 0.347 e. The van der Waals surface area contributed by atoms with Crippen LogP contribution in [0, 0.1) is 13.8 Å². The molecule has 4 heteroatoms. The Kier molecular flexibility index (Phi) is 4.03. The summed E-state index contributed by atoms with van der Waals surface area (Å²) in [5, 5.41) is 3.15. The Bertz CT molecular complexity index is 384. The Morgan fingerprint density at radius 3 is 2.73 bits per heavy atom. The molecule has 0 aromatic carbocycles. The average molecular weight is 209 g/mol. The molecule has 0 bridgehead atoms. The van der Waals surface area contributed by atoms with E-state index in [4.69, 9.17) is 0 Å². The van der Waals surface area contributed by atoms with E-state index in [1.807, 2.05) is 27.0 Å². The second-order valence-corrected chi connectivity index (χ2v) is 3.95. The molecule has 0 aliphatic rings. The summed E-state index contributed by atoms with van der Waals surface area (Å²) in [5.74, 6) is 0. The van der Waals surface area contributed by atoms with Crippen molar-refractivity contribution >= 4 is 0 Å². The van der Waals surface area contributed by atoms with Crippen molar-refractivity contribution in [2.75, 3.05) is 7.05 Å². The molecule has 0 radical (unpaired) electrons. The third-order valence-electron chi connectivity index (χ3n) is 2.62. The zero-order chi connectivity index (χ0) is 11.4. The van der Waals surface area contributed by atoms with E-state index in [0.717, 1.165) is 24.4 Å². The monoisotopic (exact) mass is 209 g/mol. The first-order valence-electron chi connectivity index (χ1n) is 5.27. The van der Waals surface area contributed by atoms with E-state index in [2.05, 4.69) is 17.2 Å². The standard InChI is InChI=1S/C11H19N3O/c1-8(12-4)5-6-14-10(3)7-9(2)13-11(14)15/h7-8,12H,5-6H2,1-4H3. The Morgan fingerprint density at radius 2 is 2.20 bits per heavy atom. The fourth-order valence-corrected chi connectivity index (χ4v) is 1.51. The lowest BCUT2D eigenvalue weighted by Gasteiger charge is -2.13. The number of hydrogen-bond acceptors (Lipinski definition) is 3. The van der Waals surface area contributed by atoms with Crippen LogP contribution in [0.3, 0.4) is 0 Å². The van der Waals surface area contributed by atoms with E-state index < -0.39 is 0 Å². The Hall–Kier alpha value is -1.16. The van der Waals surface area contributed by atoms with Crippen molar-refractivity contribution in [3.05, 3.63) is 27.9 Å². The molecule has 0 amide bonds. The van der Waals surface area contributed by atoms with Crippen molar-refractivity contribution in [1.29, 1.82) is 0 Å². The van der Waals surface area contributed by atoms with E-state index in [9.17, 15) is 4.79 Å². The van der Waals surface area contributed by atoms with Gasteiger partial charge in [-0.25, -0.2) is 4.79 Å². The van der Waals surface area contributed by atoms with E-state index in [1.54, 1.807) is 4.57 Å². The van der Waals surface area contributed by atoms with Gasteiger partial charge in [0.2, 0.25) is 0 Å². The van der Waals surface area contributed by atoms with E-state index >= 15 is 0 Å². The van der Waals surface area contributed by atoms with Gasteiger partial charge in [-0.2, -0.15) is 4.98 Å². The fraction of sp³-hybridized carbons (Fsp3) is 0.636. The van der Waals surface area contributed by atoms with Crippen LogP contribution in [-0.2, 0) is 6.54 Å². The van der Waals surface area contributed by atoms with Gasteiger partial charge in [-0.1, -0.05) is 0 Å². The molecule has 1 unspecified atom stereocenters. The number of aryl methyl sites for hydroxylation is 2. The fourth-order valence-electron chi connectivity index (χ4n) is 1.51. The Balaban J connectivity index is 2.82. The first-order chi connectivity index (χ1) is 7.04. The summed E-state index contributed by atoms with van der Waals surface area (Å²) >= 11 is 0. The summed E-state index contributed by atoms with van der Waals surface area (Å²) in [6.45, 7) is 6.61. The summed E-state index contributed by atoms with van der Waals surface area (Å²) < 4.78 is 1.72. The van der Waals surface area contributed by atoms with Crippen molar-refractivity contribution in [1.82, 2.24) is 14.9 Å². The lowest BCUT2D eigenvalue weighted by Crippen LogP contribution is -2.29. The normalized spacial score (nSPS) is 12.8. The molecule has 1 heterocycles. The highest BCUT2D eigenvalue weighted by Gasteiger charge is 2.04. The molecule has 84 valence electrons. The van der Waals surface area contributed by atoms with Crippen LogP contribution < -0.4 is 11.0 Å². The first-order valence-corrected chi connectivity index (χ1v) is 5.27. The van der Waals surface area contributed by atoms with Crippen molar-refractivity contribution in [2.24, 2.45) is 0 Å². The predicted octanol–water partition coefficient (Wildman–Crippen LogP) is 0.858. The molecule has 4 nitrogen and oxygen atoms in total. The van der Waals surface area contributed by atoms with Crippen LogP contribution in [0.5, 0.6) is 0 Å². The summed E-state index contributed by atoms with van der Waals surface area (Å²) in [6, 6.07) is 2.35. The van der Waals surface area contributed by atoms with Crippen LogP contribution in [-0.4, -0.2) is 22.6 Å². The molecule has 15 heavy (non-hydrogen) atoms. The highest BCUT2D eigenvalue weighted by Crippen LogP contribution is 1.99. The van der Waals surface area contributed by atoms with Gasteiger partial charge in [-0.05, 0) is 40.3 Å². The Labute approximate surface area is 90.3 Å². The third-order valence-corrected chi connectivity index (χ3v) is 2.62. The largest absolute Gasteiger partial charge is 0.347 e. The topological polar surface area (TPSA) is 46.9 Å². The van der Waals surface area contributed by atoms with Crippen LogP contribution in [0.2, 0.25) is 0 Å². The lowest BCUT2D eigenvalue weighted by atomic mass is 10.2. The van der Waals surface area contributed by atoms with Crippen LogP contribution in [0.15, 0.2) is 10.9 Å². The van der Waals surface area contributed by atoms with Crippen molar-refractivity contribution < 1.29 is 0 Å². The molecule has 1 atom stereocenters. The van der Waals surface area contributed by atoms with Gasteiger partial charge < -0.3 is 5.32 Å². The molecule has 0 aliphatic carbocycles. The molecule has 1 aromatic rings. The van der Waals surface area contributed by atoms with Gasteiger partial charge in [-0.3, -0.25) is 4.57 Å². The van der Waals surface area contributed by atoms with Crippen LogP contribution in [0.25, 0.3) is 0 Å². The lowest BCUT2D eigenvalue weighted by molar-refractivity contribution is 0.492. The highest BCUT2D eigenvalue weighted by atomic mass is 16.1. The van der Waals surface area contributed by atoms with Gasteiger partial charge >= 0.3 is 5.69 Å². The molecule has 0 fully saturated rings. The summed E-state index contributed by atoms with van der Waals surface area (Å²) in [6.07, 6.45) is 0.933. The zero-order valence-corrected chi connectivity index (χ0v) is 9.87. The van der Waals surface area contributed by atoms with Gasteiger partial charge in [0.25, 0.3) is 0 Å². The van der Waals surface area contributed by atoms with Gasteiger partial charge in [0.1, 0.15) is 0 Å². The minimum Gasteiger partial charge on any atom is -0.317 e. The van der Waals surface area contributed by atoms with Gasteiger partial charge in [0.15, 0.2) is 0 Å². The second kappa shape index (κ2) is 5.07. The molecule has 0 aliphatic heterocycles. The number of rotatable bonds is 4. The molecular weight excluding hydrogens is 190 g/mol. The minimum absolute atomic E-state index is 0.143. The number of aromatic nitrogens is 2. The molecule has 0 saturated heterocycles. The summed E-state index contributed by atoms with van der Waals surface area (Å²) in [4.78, 5) is 15.5. The van der Waals surface area contributed by atoms with Crippen LogP contribution >= 0.6 is 0 Å². The summed E-state index contributed by atoms with van der Waals surface area (Å²) in [5.41, 5.74) is 1.63. The first kappa shape index (κ1) is 11.9. The SMILES string of the molecule is CNC(C)CCn1c(C)cc(C)nc1=O. The van der Waals surface area contributed by atoms with Gasteiger partial charge in [0, 0.05) is 24.0 Å². The molecular formula is C11H19N3O. The van der Waals surface area contributed by atoms with Crippen LogP contribution in [0.1, 0.15) is 24.7 Å². The van der Waals surface area contributed by atoms with Crippen LogP contribution in [0.4, 0.5) is 0 Å². The van der Waals surface area contributed by atoms with E-state index in [1.165, 1.54) is 0 Å². The number of hydrogen-bond donors (Lipinski definition) is 1. The minimum atomic E-state index is -0.143. The molecule has 0 spiro atoms. The van der Waals surface area contributed by atoms with Crippen molar-refractivity contribution in [3.8, 4) is 0 Å². The summed E-state index contributed by atoms with van der Waals surface area (Å²) in [7, 11) is 1.92. The number of nitrogens with one attached hydrogen (secondary N) is 1. The maximum absolute atomic E-state index is 11.6. The van der Waals surface area contributed by atoms with Crippen molar-refractivity contribution in [2.45, 2.75) is 39.8 Å². The van der Waals surface area contributed by atoms with Crippen molar-refractivity contribution in [3.63, 3.8) is 0 Å². The Morgan fingerprint density at radius 1 is 1.53 bits per heavy atom.